The number of hydrogen-bond donors (Lipinski definition) is 2. The summed E-state index contributed by atoms with van der Waals surface area (Å²) in [7, 11) is 0. The maximum atomic E-state index is 5.79. The van der Waals surface area contributed by atoms with Gasteiger partial charge in [0.25, 0.3) is 0 Å². The van der Waals surface area contributed by atoms with E-state index in [-0.39, 0.29) is 6.10 Å². The standard InChI is InChI=1S/C17H32N6O/c1-4-21-7-9-22(10-8-21)16(12-14(2)3)17-18-19-20-23(17)13-15-6-5-11-24-15/h14-16H,4-13H2,1-3H3/p+2/t15-,16+/m0/s1. The van der Waals surface area contributed by atoms with Crippen LogP contribution in [0.4, 0.5) is 0 Å². The van der Waals surface area contributed by atoms with Gasteiger partial charge in [-0.1, -0.05) is 13.8 Å². The molecule has 2 aliphatic rings. The quantitative estimate of drug-likeness (QED) is 0.652. The van der Waals surface area contributed by atoms with Gasteiger partial charge in [-0.05, 0) is 36.1 Å². The van der Waals surface area contributed by atoms with E-state index < -0.39 is 0 Å². The van der Waals surface area contributed by atoms with Gasteiger partial charge in [0.05, 0.1) is 19.2 Å². The summed E-state index contributed by atoms with van der Waals surface area (Å²) in [4.78, 5) is 3.38. The monoisotopic (exact) mass is 338 g/mol. The van der Waals surface area contributed by atoms with Gasteiger partial charge in [-0.25, -0.2) is 4.68 Å². The van der Waals surface area contributed by atoms with Crippen LogP contribution in [0.25, 0.3) is 0 Å². The fourth-order valence-corrected chi connectivity index (χ4v) is 4.13. The highest BCUT2D eigenvalue weighted by molar-refractivity contribution is 4.89. The highest BCUT2D eigenvalue weighted by Gasteiger charge is 2.34. The Labute approximate surface area is 145 Å². The fraction of sp³-hybridized carbons (Fsp3) is 0.941. The summed E-state index contributed by atoms with van der Waals surface area (Å²) in [6.07, 6.45) is 3.70. The lowest BCUT2D eigenvalue weighted by atomic mass is 10.0. The van der Waals surface area contributed by atoms with Crippen LogP contribution in [0.5, 0.6) is 0 Å². The second-order valence-electron chi connectivity index (χ2n) is 7.80. The van der Waals surface area contributed by atoms with Crippen LogP contribution < -0.4 is 9.80 Å². The molecule has 0 aliphatic carbocycles. The van der Waals surface area contributed by atoms with E-state index in [1.165, 1.54) is 32.7 Å². The largest absolute Gasteiger partial charge is 0.376 e. The van der Waals surface area contributed by atoms with Gasteiger partial charge >= 0.3 is 0 Å². The topological polar surface area (TPSA) is 61.7 Å². The number of quaternary nitrogens is 2. The molecule has 3 rings (SSSR count). The zero-order valence-corrected chi connectivity index (χ0v) is 15.5. The molecule has 3 heterocycles. The molecular formula is C17H34N6O+2. The van der Waals surface area contributed by atoms with E-state index in [4.69, 9.17) is 4.74 Å². The second-order valence-corrected chi connectivity index (χ2v) is 7.80. The fourth-order valence-electron chi connectivity index (χ4n) is 4.13. The van der Waals surface area contributed by atoms with Crippen molar-refractivity contribution in [3.05, 3.63) is 5.82 Å². The van der Waals surface area contributed by atoms with Crippen molar-refractivity contribution in [2.45, 2.75) is 58.7 Å². The van der Waals surface area contributed by atoms with Gasteiger partial charge in [0, 0.05) is 13.0 Å². The molecule has 136 valence electrons. The maximum absolute atomic E-state index is 5.79. The molecule has 0 radical (unpaired) electrons. The third-order valence-electron chi connectivity index (χ3n) is 5.57. The molecule has 0 aromatic carbocycles. The summed E-state index contributed by atoms with van der Waals surface area (Å²) in [5, 5.41) is 12.7. The Bertz CT molecular complexity index is 491. The first-order chi connectivity index (χ1) is 11.7. The molecule has 1 aromatic rings. The Kier molecular flexibility index (Phi) is 6.19. The maximum Gasteiger partial charge on any atom is 0.209 e. The first-order valence-corrected chi connectivity index (χ1v) is 9.73. The van der Waals surface area contributed by atoms with E-state index in [1.54, 1.807) is 9.80 Å². The molecule has 0 bridgehead atoms. The zero-order chi connectivity index (χ0) is 16.9. The van der Waals surface area contributed by atoms with Crippen molar-refractivity contribution in [3.8, 4) is 0 Å². The number of likely N-dealkylation sites (N-methyl/N-ethyl adjacent to an activating group) is 1. The Balaban J connectivity index is 1.72. The summed E-state index contributed by atoms with van der Waals surface area (Å²) < 4.78 is 7.81. The Hall–Kier alpha value is -1.05. The lowest BCUT2D eigenvalue weighted by molar-refractivity contribution is -1.03. The number of nitrogens with zero attached hydrogens (tertiary/aromatic N) is 4. The number of piperazine rings is 1. The van der Waals surface area contributed by atoms with Gasteiger partial charge in [-0.2, -0.15) is 0 Å². The van der Waals surface area contributed by atoms with Crippen LogP contribution in [-0.4, -0.2) is 65.6 Å². The predicted molar refractivity (Wildman–Crippen MR) is 90.9 cm³/mol. The first-order valence-electron chi connectivity index (χ1n) is 9.73. The number of nitrogens with one attached hydrogen (secondary N) is 2. The van der Waals surface area contributed by atoms with Crippen molar-refractivity contribution in [2.24, 2.45) is 5.92 Å². The van der Waals surface area contributed by atoms with Crippen LogP contribution in [0.3, 0.4) is 0 Å². The minimum atomic E-state index is 0.281. The number of rotatable bonds is 7. The minimum absolute atomic E-state index is 0.281. The van der Waals surface area contributed by atoms with E-state index >= 15 is 0 Å². The molecule has 2 aliphatic heterocycles. The normalized spacial score (nSPS) is 29.2. The molecule has 0 spiro atoms. The summed E-state index contributed by atoms with van der Waals surface area (Å²) in [6, 6.07) is 0.403. The van der Waals surface area contributed by atoms with Gasteiger partial charge in [-0.3, -0.25) is 0 Å². The molecule has 0 unspecified atom stereocenters. The second kappa shape index (κ2) is 8.36. The molecule has 1 aromatic heterocycles. The SMILES string of the molecule is CC[NH+]1CC[NH+]([C@H](CC(C)C)c2nnnn2C[C@@H]2CCCO2)CC1. The third kappa shape index (κ3) is 4.32. The molecule has 0 amide bonds. The molecular weight excluding hydrogens is 304 g/mol. The van der Waals surface area contributed by atoms with Crippen molar-refractivity contribution in [2.75, 3.05) is 39.3 Å². The van der Waals surface area contributed by atoms with Gasteiger partial charge in [0.1, 0.15) is 26.2 Å². The number of tetrazole rings is 1. The van der Waals surface area contributed by atoms with Crippen LogP contribution in [-0.2, 0) is 11.3 Å². The highest BCUT2D eigenvalue weighted by atomic mass is 16.5. The van der Waals surface area contributed by atoms with E-state index in [0.29, 0.717) is 12.0 Å². The Morgan fingerprint density at radius 2 is 2.04 bits per heavy atom. The Morgan fingerprint density at radius 3 is 2.67 bits per heavy atom. The van der Waals surface area contributed by atoms with E-state index in [1.807, 2.05) is 4.68 Å². The van der Waals surface area contributed by atoms with E-state index in [0.717, 1.165) is 38.2 Å². The highest BCUT2D eigenvalue weighted by Crippen LogP contribution is 2.19. The number of aromatic nitrogens is 4. The first kappa shape index (κ1) is 17.8. The van der Waals surface area contributed by atoms with Crippen molar-refractivity contribution in [3.63, 3.8) is 0 Å². The molecule has 0 saturated carbocycles. The predicted octanol–water partition coefficient (Wildman–Crippen LogP) is -1.26. The summed E-state index contributed by atoms with van der Waals surface area (Å²) >= 11 is 0. The lowest BCUT2D eigenvalue weighted by Gasteiger charge is -2.34. The smallest absolute Gasteiger partial charge is 0.209 e. The van der Waals surface area contributed by atoms with Crippen LogP contribution in [0.15, 0.2) is 0 Å². The summed E-state index contributed by atoms with van der Waals surface area (Å²) in [6.45, 7) is 14.7. The van der Waals surface area contributed by atoms with Gasteiger partial charge in [-0.15, -0.1) is 5.10 Å². The van der Waals surface area contributed by atoms with Crippen LogP contribution in [0, 0.1) is 5.92 Å². The van der Waals surface area contributed by atoms with Crippen molar-refractivity contribution in [1.29, 1.82) is 0 Å². The van der Waals surface area contributed by atoms with Crippen molar-refractivity contribution < 1.29 is 14.5 Å². The average Bonchev–Trinajstić information content (AvgIpc) is 3.25. The number of hydrogen-bond acceptors (Lipinski definition) is 4. The van der Waals surface area contributed by atoms with Gasteiger partial charge in [0.2, 0.25) is 5.82 Å². The van der Waals surface area contributed by atoms with Gasteiger partial charge in [0.15, 0.2) is 6.04 Å². The average molecular weight is 339 g/mol. The molecule has 2 N–H and O–H groups in total. The van der Waals surface area contributed by atoms with Crippen LogP contribution >= 0.6 is 0 Å². The number of ether oxygens (including phenoxy) is 1. The van der Waals surface area contributed by atoms with Crippen molar-refractivity contribution in [1.82, 2.24) is 20.2 Å². The summed E-state index contributed by atoms with van der Waals surface area (Å²) in [5.41, 5.74) is 0. The molecule has 2 atom stereocenters. The lowest BCUT2D eigenvalue weighted by Crippen LogP contribution is -3.28. The molecule has 2 fully saturated rings. The van der Waals surface area contributed by atoms with E-state index in [2.05, 4.69) is 36.3 Å². The zero-order valence-electron chi connectivity index (χ0n) is 15.5. The van der Waals surface area contributed by atoms with Gasteiger partial charge < -0.3 is 14.5 Å². The molecule has 2 saturated heterocycles. The minimum Gasteiger partial charge on any atom is -0.376 e. The Morgan fingerprint density at radius 1 is 1.25 bits per heavy atom. The molecule has 7 nitrogen and oxygen atoms in total. The van der Waals surface area contributed by atoms with Crippen molar-refractivity contribution >= 4 is 0 Å². The molecule has 24 heavy (non-hydrogen) atoms. The summed E-state index contributed by atoms with van der Waals surface area (Å²) in [5.74, 6) is 1.71. The van der Waals surface area contributed by atoms with E-state index in [9.17, 15) is 0 Å². The molecule has 7 heteroatoms. The van der Waals surface area contributed by atoms with Crippen LogP contribution in [0.1, 0.15) is 51.9 Å². The van der Waals surface area contributed by atoms with Crippen LogP contribution in [0.2, 0.25) is 0 Å². The third-order valence-corrected chi connectivity index (χ3v) is 5.57.